The Morgan fingerprint density at radius 3 is 2.31 bits per heavy atom. The molecule has 1 atom stereocenters. The lowest BCUT2D eigenvalue weighted by Crippen LogP contribution is -2.44. The first-order valence-electron chi connectivity index (χ1n) is 9.13. The van der Waals surface area contributed by atoms with Gasteiger partial charge in [-0.15, -0.1) is 0 Å². The molecule has 0 aliphatic heterocycles. The number of aryl methyl sites for hydroxylation is 1. The van der Waals surface area contributed by atoms with Crippen LogP contribution in [-0.4, -0.2) is 26.3 Å². The normalized spacial score (nSPS) is 12.3. The second-order valence-electron chi connectivity index (χ2n) is 7.19. The highest BCUT2D eigenvalue weighted by Gasteiger charge is 2.23. The molecule has 0 fully saturated rings. The van der Waals surface area contributed by atoms with Crippen LogP contribution in [0.5, 0.6) is 0 Å². The van der Waals surface area contributed by atoms with Gasteiger partial charge >= 0.3 is 0 Å². The summed E-state index contributed by atoms with van der Waals surface area (Å²) < 4.78 is 24.5. The number of rotatable bonds is 8. The van der Waals surface area contributed by atoms with Crippen LogP contribution in [0.25, 0.3) is 0 Å². The zero-order valence-corrected chi connectivity index (χ0v) is 17.4. The molecule has 0 aliphatic rings. The fourth-order valence-electron chi connectivity index (χ4n) is 2.82. The highest BCUT2D eigenvalue weighted by molar-refractivity contribution is 7.90. The molecule has 0 bridgehead atoms. The van der Waals surface area contributed by atoms with Gasteiger partial charge in [0.1, 0.15) is 6.04 Å². The molecule has 0 aliphatic carbocycles. The Morgan fingerprint density at radius 2 is 1.69 bits per heavy atom. The van der Waals surface area contributed by atoms with E-state index in [0.717, 1.165) is 5.56 Å². The molecule has 2 aromatic carbocycles. The summed E-state index contributed by atoms with van der Waals surface area (Å²) in [6, 6.07) is 12.5. The second-order valence-corrected chi connectivity index (χ2v) is 8.48. The predicted molar refractivity (Wildman–Crippen MR) is 114 cm³/mol. The van der Waals surface area contributed by atoms with Crippen LogP contribution >= 0.6 is 0 Å². The van der Waals surface area contributed by atoms with Gasteiger partial charge in [-0.3, -0.25) is 14.3 Å². The first-order chi connectivity index (χ1) is 13.5. The fraction of sp³-hybridized carbons (Fsp3) is 0.300. The number of benzene rings is 2. The Morgan fingerprint density at radius 1 is 1.03 bits per heavy atom. The van der Waals surface area contributed by atoms with Gasteiger partial charge in [-0.05, 0) is 49.1 Å². The molecule has 2 rings (SSSR count). The maximum atomic E-state index is 12.8. The van der Waals surface area contributed by atoms with E-state index in [1.165, 1.54) is 12.1 Å². The van der Waals surface area contributed by atoms with Crippen LogP contribution in [-0.2, 0) is 15.0 Å². The first-order valence-corrected chi connectivity index (χ1v) is 10.7. The molecule has 0 saturated carbocycles. The topological polar surface area (TPSA) is 130 Å². The minimum absolute atomic E-state index is 0.165. The zero-order valence-electron chi connectivity index (χ0n) is 16.6. The molecule has 5 N–H and O–H groups in total. The average Bonchev–Trinajstić information content (AvgIpc) is 2.59. The van der Waals surface area contributed by atoms with E-state index in [0.29, 0.717) is 17.7 Å². The van der Waals surface area contributed by atoms with Crippen molar-refractivity contribution >= 4 is 33.4 Å². The zero-order chi connectivity index (χ0) is 21.6. The summed E-state index contributed by atoms with van der Waals surface area (Å²) in [5, 5.41) is 10.5. The van der Waals surface area contributed by atoms with Gasteiger partial charge in [0.25, 0.3) is 16.1 Å². The first kappa shape index (κ1) is 22.4. The van der Waals surface area contributed by atoms with Gasteiger partial charge in [-0.25, -0.2) is 5.14 Å². The lowest BCUT2D eigenvalue weighted by molar-refractivity contribution is -0.118. The highest BCUT2D eigenvalue weighted by atomic mass is 32.2. The van der Waals surface area contributed by atoms with Crippen LogP contribution in [0.15, 0.2) is 48.5 Å². The van der Waals surface area contributed by atoms with Crippen molar-refractivity contribution in [3.05, 3.63) is 59.7 Å². The number of carbonyl (C=O) groups excluding carboxylic acids is 2. The van der Waals surface area contributed by atoms with Crippen LogP contribution < -0.4 is 20.5 Å². The Kier molecular flexibility index (Phi) is 7.35. The van der Waals surface area contributed by atoms with E-state index in [-0.39, 0.29) is 17.5 Å². The third-order valence-electron chi connectivity index (χ3n) is 4.11. The van der Waals surface area contributed by atoms with Gasteiger partial charge in [0.05, 0.1) is 5.69 Å². The summed E-state index contributed by atoms with van der Waals surface area (Å²) in [6.07, 6.45) is 0.443. The number of hydrogen-bond acceptors (Lipinski definition) is 4. The van der Waals surface area contributed by atoms with Crippen molar-refractivity contribution in [2.24, 2.45) is 11.1 Å². The standard InChI is InChI=1S/C20H26N4O4S/c1-13(2)11-18(23-19(25)17-10-5-4-7-14(17)3)20(26)22-15-8-6-9-16(12-15)24-29(21,27)28/h4-10,12-13,18,24H,11H2,1-3H3,(H,22,26)(H,23,25)(H2,21,27,28)/t18-/m0/s1. The second kappa shape index (κ2) is 9.53. The van der Waals surface area contributed by atoms with Gasteiger partial charge in [-0.1, -0.05) is 38.1 Å². The third-order valence-corrected chi connectivity index (χ3v) is 4.63. The molecule has 0 heterocycles. The number of carbonyl (C=O) groups is 2. The molecule has 0 unspecified atom stereocenters. The van der Waals surface area contributed by atoms with Crippen LogP contribution in [0.2, 0.25) is 0 Å². The van der Waals surface area contributed by atoms with E-state index in [1.807, 2.05) is 32.9 Å². The van der Waals surface area contributed by atoms with E-state index >= 15 is 0 Å². The molecular weight excluding hydrogens is 392 g/mol. The van der Waals surface area contributed by atoms with E-state index in [2.05, 4.69) is 15.4 Å². The minimum Gasteiger partial charge on any atom is -0.340 e. The van der Waals surface area contributed by atoms with Crippen molar-refractivity contribution in [1.82, 2.24) is 5.32 Å². The SMILES string of the molecule is Cc1ccccc1C(=O)N[C@@H](CC(C)C)C(=O)Nc1cccc(NS(N)(=O)=O)c1. The molecule has 0 spiro atoms. The van der Waals surface area contributed by atoms with Gasteiger partial charge < -0.3 is 10.6 Å². The Balaban J connectivity index is 2.16. The average molecular weight is 419 g/mol. The summed E-state index contributed by atoms with van der Waals surface area (Å²) in [7, 11) is -3.92. The van der Waals surface area contributed by atoms with Crippen LogP contribution in [0.3, 0.4) is 0 Å². The molecule has 0 radical (unpaired) electrons. The van der Waals surface area contributed by atoms with E-state index in [9.17, 15) is 18.0 Å². The van der Waals surface area contributed by atoms with Crippen LogP contribution in [0.4, 0.5) is 11.4 Å². The van der Waals surface area contributed by atoms with Gasteiger partial charge in [-0.2, -0.15) is 8.42 Å². The lowest BCUT2D eigenvalue weighted by Gasteiger charge is -2.21. The molecule has 2 amide bonds. The van der Waals surface area contributed by atoms with Crippen molar-refractivity contribution in [2.45, 2.75) is 33.2 Å². The summed E-state index contributed by atoms with van der Waals surface area (Å²) in [5.41, 5.74) is 1.92. The molecule has 0 aromatic heterocycles. The van der Waals surface area contributed by atoms with Crippen molar-refractivity contribution in [2.75, 3.05) is 10.0 Å². The van der Waals surface area contributed by atoms with Crippen LogP contribution in [0.1, 0.15) is 36.2 Å². The largest absolute Gasteiger partial charge is 0.340 e. The minimum atomic E-state index is -3.92. The van der Waals surface area contributed by atoms with E-state index in [4.69, 9.17) is 5.14 Å². The molecule has 156 valence electrons. The monoisotopic (exact) mass is 418 g/mol. The number of hydrogen-bond donors (Lipinski definition) is 4. The molecular formula is C20H26N4O4S. The summed E-state index contributed by atoms with van der Waals surface area (Å²) in [4.78, 5) is 25.5. The predicted octanol–water partition coefficient (Wildman–Crippen LogP) is 2.39. The van der Waals surface area contributed by atoms with Gasteiger partial charge in [0.15, 0.2) is 0 Å². The summed E-state index contributed by atoms with van der Waals surface area (Å²) >= 11 is 0. The van der Waals surface area contributed by atoms with E-state index in [1.54, 1.807) is 24.3 Å². The van der Waals surface area contributed by atoms with Gasteiger partial charge in [0.2, 0.25) is 5.91 Å². The van der Waals surface area contributed by atoms with E-state index < -0.39 is 22.2 Å². The van der Waals surface area contributed by atoms with Crippen molar-refractivity contribution < 1.29 is 18.0 Å². The molecule has 9 heteroatoms. The Labute approximate surface area is 171 Å². The van der Waals surface area contributed by atoms with Crippen LogP contribution in [0, 0.1) is 12.8 Å². The quantitative estimate of drug-likeness (QED) is 0.524. The lowest BCUT2D eigenvalue weighted by atomic mass is 10.0. The molecule has 8 nitrogen and oxygen atoms in total. The van der Waals surface area contributed by atoms with Crippen molar-refractivity contribution in [3.8, 4) is 0 Å². The number of anilines is 2. The smallest absolute Gasteiger partial charge is 0.296 e. The van der Waals surface area contributed by atoms with Crippen molar-refractivity contribution in [3.63, 3.8) is 0 Å². The highest BCUT2D eigenvalue weighted by Crippen LogP contribution is 2.17. The summed E-state index contributed by atoms with van der Waals surface area (Å²) in [5.74, 6) is -0.555. The van der Waals surface area contributed by atoms with Gasteiger partial charge in [0, 0.05) is 11.3 Å². The fourth-order valence-corrected chi connectivity index (χ4v) is 3.28. The number of amides is 2. The Bertz CT molecular complexity index is 989. The summed E-state index contributed by atoms with van der Waals surface area (Å²) in [6.45, 7) is 5.74. The molecule has 2 aromatic rings. The Hall–Kier alpha value is -2.91. The maximum absolute atomic E-state index is 12.8. The number of nitrogens with two attached hydrogens (primary N) is 1. The third kappa shape index (κ3) is 7.20. The molecule has 29 heavy (non-hydrogen) atoms. The molecule has 0 saturated heterocycles. The van der Waals surface area contributed by atoms with Crippen molar-refractivity contribution in [1.29, 1.82) is 0 Å². The maximum Gasteiger partial charge on any atom is 0.296 e. The number of nitrogens with one attached hydrogen (secondary N) is 3.